The standard InChI is InChI=1S/C50H67N7O6/c1-48(2,3)41-21-16-19-36(52-41)32-56-27-28-57(47(56)62)43(50(7,8)9)45(60)54-39(30-33-17-12-11-13-18-33)40(58)31-37(53-44(59)42(49(4,5)6)55-46(61)63-10)29-34-22-24-35(25-23-34)38-20-14-15-26-51-38/h11-26,37,39-40,42-43,58H,27-32H2,1-10H3,(H,53,59)(H,54,60)(H,55,61)/t37-,39+,40+,42-,43-/m1/s1. The van der Waals surface area contributed by atoms with Crippen LogP contribution < -0.4 is 16.0 Å². The maximum Gasteiger partial charge on any atom is 0.407 e. The number of hydrogen-bond acceptors (Lipinski definition) is 8. The van der Waals surface area contributed by atoms with E-state index in [1.807, 2.05) is 133 Å². The predicted molar refractivity (Wildman–Crippen MR) is 245 cm³/mol. The molecule has 0 aliphatic carbocycles. The molecule has 4 N–H and O–H groups in total. The van der Waals surface area contributed by atoms with Gasteiger partial charge in [-0.25, -0.2) is 9.59 Å². The number of rotatable bonds is 16. The molecule has 1 fully saturated rings. The smallest absolute Gasteiger partial charge is 0.407 e. The minimum Gasteiger partial charge on any atom is -0.453 e. The molecule has 0 saturated carbocycles. The lowest BCUT2D eigenvalue weighted by Crippen LogP contribution is -2.59. The molecule has 1 aliphatic heterocycles. The third kappa shape index (κ3) is 13.3. The van der Waals surface area contributed by atoms with Crippen molar-refractivity contribution in [3.05, 3.63) is 120 Å². The molecule has 5 rings (SSSR count). The van der Waals surface area contributed by atoms with Crippen LogP contribution in [0.4, 0.5) is 9.59 Å². The number of pyridine rings is 2. The van der Waals surface area contributed by atoms with Gasteiger partial charge in [0, 0.05) is 42.0 Å². The van der Waals surface area contributed by atoms with E-state index in [4.69, 9.17) is 9.72 Å². The Morgan fingerprint density at radius 2 is 1.41 bits per heavy atom. The Hall–Kier alpha value is -5.82. The Morgan fingerprint density at radius 3 is 2.02 bits per heavy atom. The molecule has 5 atom stereocenters. The summed E-state index contributed by atoms with van der Waals surface area (Å²) in [6.45, 7) is 18.7. The second-order valence-corrected chi connectivity index (χ2v) is 19.8. The van der Waals surface area contributed by atoms with Crippen molar-refractivity contribution in [1.82, 2.24) is 35.7 Å². The number of benzene rings is 2. The zero-order chi connectivity index (χ0) is 46.1. The van der Waals surface area contributed by atoms with Gasteiger partial charge in [0.15, 0.2) is 0 Å². The number of aliphatic hydroxyl groups is 1. The van der Waals surface area contributed by atoms with Crippen LogP contribution in [-0.4, -0.2) is 99.3 Å². The number of urea groups is 1. The Bertz CT molecular complexity index is 2150. The van der Waals surface area contributed by atoms with Crippen molar-refractivity contribution in [2.24, 2.45) is 10.8 Å². The van der Waals surface area contributed by atoms with Crippen LogP contribution in [0, 0.1) is 10.8 Å². The fourth-order valence-electron chi connectivity index (χ4n) is 8.00. The van der Waals surface area contributed by atoms with Gasteiger partial charge in [-0.3, -0.25) is 19.6 Å². The third-order valence-electron chi connectivity index (χ3n) is 11.4. The van der Waals surface area contributed by atoms with Gasteiger partial charge in [0.2, 0.25) is 11.8 Å². The molecule has 1 saturated heterocycles. The molecule has 5 amide bonds. The van der Waals surface area contributed by atoms with Crippen LogP contribution in [0.25, 0.3) is 11.3 Å². The summed E-state index contributed by atoms with van der Waals surface area (Å²) in [7, 11) is 1.24. The minimum absolute atomic E-state index is 0.0534. The maximum absolute atomic E-state index is 14.7. The van der Waals surface area contributed by atoms with Crippen LogP contribution in [-0.2, 0) is 39.1 Å². The van der Waals surface area contributed by atoms with Gasteiger partial charge in [0.25, 0.3) is 0 Å². The van der Waals surface area contributed by atoms with Crippen LogP contribution in [0.2, 0.25) is 0 Å². The summed E-state index contributed by atoms with van der Waals surface area (Å²) in [5, 5.41) is 21.3. The van der Waals surface area contributed by atoms with Crippen molar-refractivity contribution < 1.29 is 29.0 Å². The van der Waals surface area contributed by atoms with Gasteiger partial charge < -0.3 is 35.6 Å². The van der Waals surface area contributed by atoms with E-state index in [9.17, 15) is 24.3 Å². The summed E-state index contributed by atoms with van der Waals surface area (Å²) in [6, 6.07) is 25.5. The molecule has 0 unspecified atom stereocenters. The Morgan fingerprint density at radius 1 is 0.746 bits per heavy atom. The summed E-state index contributed by atoms with van der Waals surface area (Å²) >= 11 is 0. The molecule has 1 aliphatic rings. The molecule has 0 radical (unpaired) electrons. The zero-order valence-electron chi connectivity index (χ0n) is 38.6. The Balaban J connectivity index is 1.41. The first kappa shape index (κ1) is 48.2. The van der Waals surface area contributed by atoms with Crippen molar-refractivity contribution >= 4 is 23.9 Å². The molecule has 2 aromatic heterocycles. The van der Waals surface area contributed by atoms with Crippen molar-refractivity contribution in [2.45, 2.75) is 124 Å². The maximum atomic E-state index is 14.7. The third-order valence-corrected chi connectivity index (χ3v) is 11.4. The number of carbonyl (C=O) groups is 4. The van der Waals surface area contributed by atoms with Gasteiger partial charge in [-0.2, -0.15) is 0 Å². The molecular weight excluding hydrogens is 795 g/mol. The molecule has 338 valence electrons. The highest BCUT2D eigenvalue weighted by molar-refractivity contribution is 5.89. The monoisotopic (exact) mass is 862 g/mol. The van der Waals surface area contributed by atoms with Crippen LogP contribution in [0.15, 0.2) is 97.2 Å². The molecule has 2 aromatic carbocycles. The van der Waals surface area contributed by atoms with Crippen LogP contribution in [0.1, 0.15) is 91.2 Å². The van der Waals surface area contributed by atoms with E-state index in [0.29, 0.717) is 26.1 Å². The highest BCUT2D eigenvalue weighted by Gasteiger charge is 2.44. The van der Waals surface area contributed by atoms with E-state index in [2.05, 4.69) is 41.7 Å². The van der Waals surface area contributed by atoms with Gasteiger partial charge in [-0.15, -0.1) is 0 Å². The number of methoxy groups -OCH3 is 1. The Labute approximate surface area is 373 Å². The van der Waals surface area contributed by atoms with E-state index in [1.165, 1.54) is 7.11 Å². The van der Waals surface area contributed by atoms with E-state index >= 15 is 0 Å². The zero-order valence-corrected chi connectivity index (χ0v) is 38.6. The molecule has 4 aromatic rings. The van der Waals surface area contributed by atoms with Gasteiger partial charge in [0.05, 0.1) is 37.2 Å². The van der Waals surface area contributed by atoms with E-state index in [-0.39, 0.29) is 30.2 Å². The van der Waals surface area contributed by atoms with E-state index < -0.39 is 53.1 Å². The SMILES string of the molecule is COC(=O)N[C@H](C(=O)N[C@H](Cc1ccc(-c2ccccn2)cc1)C[C@H](O)[C@H](Cc1ccccc1)NC(=O)[C@@H](N1CCN(Cc2cccc(C(C)(C)C)n2)C1=O)C(C)(C)C)C(C)(C)C. The number of hydrogen-bond donors (Lipinski definition) is 4. The quantitative estimate of drug-likeness (QED) is 0.0929. The number of nitrogens with one attached hydrogen (secondary N) is 3. The lowest BCUT2D eigenvalue weighted by Gasteiger charge is -2.38. The topological polar surface area (TPSA) is 166 Å². The average molecular weight is 862 g/mol. The number of nitrogens with zero attached hydrogens (tertiary/aromatic N) is 4. The molecule has 0 spiro atoms. The second-order valence-electron chi connectivity index (χ2n) is 19.8. The average Bonchev–Trinajstić information content (AvgIpc) is 3.56. The number of aromatic nitrogens is 2. The largest absolute Gasteiger partial charge is 0.453 e. The number of amides is 5. The summed E-state index contributed by atoms with van der Waals surface area (Å²) < 4.78 is 4.85. The molecular formula is C50H67N7O6. The van der Waals surface area contributed by atoms with Gasteiger partial charge >= 0.3 is 12.1 Å². The highest BCUT2D eigenvalue weighted by Crippen LogP contribution is 2.30. The summed E-state index contributed by atoms with van der Waals surface area (Å²) in [4.78, 5) is 68.0. The molecule has 13 heteroatoms. The fourth-order valence-corrected chi connectivity index (χ4v) is 8.00. The first-order chi connectivity index (χ1) is 29.6. The molecule has 3 heterocycles. The highest BCUT2D eigenvalue weighted by atomic mass is 16.5. The predicted octanol–water partition coefficient (Wildman–Crippen LogP) is 7.07. The normalized spacial score (nSPS) is 15.8. The molecule has 13 nitrogen and oxygen atoms in total. The first-order valence-electron chi connectivity index (χ1n) is 21.8. The van der Waals surface area contributed by atoms with E-state index in [1.54, 1.807) is 16.0 Å². The van der Waals surface area contributed by atoms with E-state index in [0.717, 1.165) is 33.8 Å². The minimum atomic E-state index is -1.15. The van der Waals surface area contributed by atoms with Crippen molar-refractivity contribution in [3.63, 3.8) is 0 Å². The molecule has 63 heavy (non-hydrogen) atoms. The number of carbonyl (C=O) groups excluding carboxylic acids is 4. The number of ether oxygens (including phenoxy) is 1. The molecule has 0 bridgehead atoms. The van der Waals surface area contributed by atoms with Crippen molar-refractivity contribution in [3.8, 4) is 11.3 Å². The van der Waals surface area contributed by atoms with Gasteiger partial charge in [0.1, 0.15) is 12.1 Å². The second kappa shape index (κ2) is 20.6. The van der Waals surface area contributed by atoms with Crippen LogP contribution in [0.3, 0.4) is 0 Å². The van der Waals surface area contributed by atoms with Crippen molar-refractivity contribution in [2.75, 3.05) is 20.2 Å². The van der Waals surface area contributed by atoms with Crippen LogP contribution >= 0.6 is 0 Å². The van der Waals surface area contributed by atoms with Crippen LogP contribution in [0.5, 0.6) is 0 Å². The number of aliphatic hydroxyl groups excluding tert-OH is 1. The van der Waals surface area contributed by atoms with Gasteiger partial charge in [-0.05, 0) is 65.5 Å². The summed E-state index contributed by atoms with van der Waals surface area (Å²) in [5.41, 5.74) is 3.75. The fraction of sp³-hybridized carbons (Fsp3) is 0.480. The first-order valence-corrected chi connectivity index (χ1v) is 21.8. The summed E-state index contributed by atoms with van der Waals surface area (Å²) in [5.74, 6) is -0.824. The van der Waals surface area contributed by atoms with Gasteiger partial charge in [-0.1, -0.05) is 129 Å². The Kier molecular flexibility index (Phi) is 15.7. The summed E-state index contributed by atoms with van der Waals surface area (Å²) in [6.07, 6.45) is 0.523. The lowest BCUT2D eigenvalue weighted by molar-refractivity contribution is -0.131. The van der Waals surface area contributed by atoms with Crippen molar-refractivity contribution in [1.29, 1.82) is 0 Å². The lowest BCUT2D eigenvalue weighted by atomic mass is 9.84. The number of alkyl carbamates (subject to hydrolysis) is 1.